The average molecular weight is 274 g/mol. The molecule has 5 atom stereocenters. The minimum atomic E-state index is 0.368. The maximum absolute atomic E-state index is 6.41. The Morgan fingerprint density at radius 3 is 1.95 bits per heavy atom. The Hall–Kier alpha value is -0.820. The van der Waals surface area contributed by atoms with Crippen LogP contribution in [0.15, 0.2) is 18.2 Å². The lowest BCUT2D eigenvalue weighted by Gasteiger charge is -2.44. The summed E-state index contributed by atoms with van der Waals surface area (Å²) >= 11 is 0. The van der Waals surface area contributed by atoms with E-state index in [0.717, 1.165) is 18.8 Å². The normalized spacial score (nSPS) is 34.2. The molecule has 0 amide bonds. The van der Waals surface area contributed by atoms with Gasteiger partial charge in [-0.05, 0) is 50.0 Å². The van der Waals surface area contributed by atoms with Gasteiger partial charge in [0.15, 0.2) is 0 Å². The van der Waals surface area contributed by atoms with Gasteiger partial charge < -0.3 is 4.74 Å². The van der Waals surface area contributed by atoms with E-state index in [2.05, 4.69) is 59.7 Å². The molecule has 112 valence electrons. The molecule has 1 heterocycles. The SMILES string of the molecule is CCC1OC(Cc2cc(C)cc(C)c2)C(C)C(C)C1C. The molecule has 0 bridgehead atoms. The lowest BCUT2D eigenvalue weighted by atomic mass is 9.74. The number of hydrogen-bond acceptors (Lipinski definition) is 1. The first kappa shape index (κ1) is 15.6. The zero-order valence-corrected chi connectivity index (χ0v) is 13.9. The quantitative estimate of drug-likeness (QED) is 0.759. The summed E-state index contributed by atoms with van der Waals surface area (Å²) < 4.78 is 6.41. The second-order valence-electron chi connectivity index (χ2n) is 6.90. The molecule has 1 saturated heterocycles. The predicted octanol–water partition coefficient (Wildman–Crippen LogP) is 4.93. The van der Waals surface area contributed by atoms with Crippen LogP contribution in [0.25, 0.3) is 0 Å². The molecule has 0 aromatic heterocycles. The molecular formula is C19H30O. The van der Waals surface area contributed by atoms with Crippen molar-refractivity contribution in [2.75, 3.05) is 0 Å². The fourth-order valence-electron chi connectivity index (χ4n) is 3.75. The van der Waals surface area contributed by atoms with Gasteiger partial charge in [0.2, 0.25) is 0 Å². The third-order valence-corrected chi connectivity index (χ3v) is 5.30. The molecule has 0 saturated carbocycles. The first-order valence-corrected chi connectivity index (χ1v) is 8.15. The van der Waals surface area contributed by atoms with Crippen LogP contribution >= 0.6 is 0 Å². The lowest BCUT2D eigenvalue weighted by molar-refractivity contribution is -0.132. The second-order valence-corrected chi connectivity index (χ2v) is 6.90. The smallest absolute Gasteiger partial charge is 0.0647 e. The molecular weight excluding hydrogens is 244 g/mol. The van der Waals surface area contributed by atoms with Crippen LogP contribution in [0.3, 0.4) is 0 Å². The van der Waals surface area contributed by atoms with E-state index in [0.29, 0.717) is 24.0 Å². The zero-order valence-electron chi connectivity index (χ0n) is 13.9. The fourth-order valence-corrected chi connectivity index (χ4v) is 3.75. The summed E-state index contributed by atoms with van der Waals surface area (Å²) in [5, 5.41) is 0. The molecule has 1 fully saturated rings. The largest absolute Gasteiger partial charge is 0.374 e. The van der Waals surface area contributed by atoms with Crippen LogP contribution in [0.5, 0.6) is 0 Å². The van der Waals surface area contributed by atoms with Gasteiger partial charge in [0, 0.05) is 0 Å². The van der Waals surface area contributed by atoms with Crippen LogP contribution in [-0.2, 0) is 11.2 Å². The monoisotopic (exact) mass is 274 g/mol. The average Bonchev–Trinajstić information content (AvgIpc) is 2.38. The summed E-state index contributed by atoms with van der Waals surface area (Å²) in [6, 6.07) is 6.87. The molecule has 1 heteroatoms. The van der Waals surface area contributed by atoms with Crippen LogP contribution in [0.4, 0.5) is 0 Å². The van der Waals surface area contributed by atoms with Crippen LogP contribution in [0.2, 0.25) is 0 Å². The number of benzene rings is 1. The van der Waals surface area contributed by atoms with Crippen molar-refractivity contribution in [1.82, 2.24) is 0 Å². The van der Waals surface area contributed by atoms with Crippen molar-refractivity contribution in [2.24, 2.45) is 17.8 Å². The van der Waals surface area contributed by atoms with Gasteiger partial charge in [0.25, 0.3) is 0 Å². The number of hydrogen-bond donors (Lipinski definition) is 0. The van der Waals surface area contributed by atoms with Crippen molar-refractivity contribution in [3.8, 4) is 0 Å². The van der Waals surface area contributed by atoms with Crippen molar-refractivity contribution < 1.29 is 4.74 Å². The molecule has 1 aliphatic heterocycles. The van der Waals surface area contributed by atoms with Crippen LogP contribution < -0.4 is 0 Å². The molecule has 1 aliphatic rings. The third-order valence-electron chi connectivity index (χ3n) is 5.30. The van der Waals surface area contributed by atoms with Crippen molar-refractivity contribution >= 4 is 0 Å². The maximum Gasteiger partial charge on any atom is 0.0647 e. The minimum absolute atomic E-state index is 0.368. The lowest BCUT2D eigenvalue weighted by Crippen LogP contribution is -2.45. The van der Waals surface area contributed by atoms with Gasteiger partial charge in [-0.15, -0.1) is 0 Å². The van der Waals surface area contributed by atoms with E-state index >= 15 is 0 Å². The molecule has 0 spiro atoms. The number of aryl methyl sites for hydroxylation is 2. The highest BCUT2D eigenvalue weighted by atomic mass is 16.5. The van der Waals surface area contributed by atoms with Gasteiger partial charge in [-0.1, -0.05) is 57.0 Å². The van der Waals surface area contributed by atoms with E-state index in [4.69, 9.17) is 4.74 Å². The molecule has 5 unspecified atom stereocenters. The number of ether oxygens (including phenoxy) is 1. The Balaban J connectivity index is 2.15. The van der Waals surface area contributed by atoms with E-state index in [1.807, 2.05) is 0 Å². The maximum atomic E-state index is 6.41. The summed E-state index contributed by atoms with van der Waals surface area (Å²) in [7, 11) is 0. The second kappa shape index (κ2) is 6.30. The first-order valence-electron chi connectivity index (χ1n) is 8.15. The van der Waals surface area contributed by atoms with E-state index in [-0.39, 0.29) is 0 Å². The standard InChI is InChI=1S/C19H30O/c1-7-18-15(5)14(4)16(6)19(20-18)11-17-9-12(2)8-13(3)10-17/h8-10,14-16,18-19H,7,11H2,1-6H3. The summed E-state index contributed by atoms with van der Waals surface area (Å²) in [4.78, 5) is 0. The topological polar surface area (TPSA) is 9.23 Å². The van der Waals surface area contributed by atoms with Gasteiger partial charge in [0.1, 0.15) is 0 Å². The van der Waals surface area contributed by atoms with Gasteiger partial charge in [-0.3, -0.25) is 0 Å². The van der Waals surface area contributed by atoms with Gasteiger partial charge in [0.05, 0.1) is 12.2 Å². The Kier molecular flexibility index (Phi) is 4.90. The molecule has 2 rings (SSSR count). The summed E-state index contributed by atoms with van der Waals surface area (Å²) in [6.07, 6.45) is 2.98. The van der Waals surface area contributed by atoms with Gasteiger partial charge >= 0.3 is 0 Å². The van der Waals surface area contributed by atoms with Crippen LogP contribution in [-0.4, -0.2) is 12.2 Å². The van der Waals surface area contributed by atoms with E-state index < -0.39 is 0 Å². The van der Waals surface area contributed by atoms with Gasteiger partial charge in [-0.25, -0.2) is 0 Å². The number of rotatable bonds is 3. The van der Waals surface area contributed by atoms with Crippen molar-refractivity contribution in [3.05, 3.63) is 34.9 Å². The summed E-state index contributed by atoms with van der Waals surface area (Å²) in [6.45, 7) is 13.7. The summed E-state index contributed by atoms with van der Waals surface area (Å²) in [5.41, 5.74) is 4.14. The predicted molar refractivity (Wildman–Crippen MR) is 86.1 cm³/mol. The highest BCUT2D eigenvalue weighted by molar-refractivity contribution is 5.29. The Morgan fingerprint density at radius 1 is 0.850 bits per heavy atom. The third kappa shape index (κ3) is 3.25. The highest BCUT2D eigenvalue weighted by Gasteiger charge is 2.37. The van der Waals surface area contributed by atoms with Crippen LogP contribution in [0, 0.1) is 31.6 Å². The first-order chi connectivity index (χ1) is 9.42. The molecule has 20 heavy (non-hydrogen) atoms. The van der Waals surface area contributed by atoms with E-state index in [1.165, 1.54) is 16.7 Å². The van der Waals surface area contributed by atoms with Crippen molar-refractivity contribution in [1.29, 1.82) is 0 Å². The van der Waals surface area contributed by atoms with Gasteiger partial charge in [-0.2, -0.15) is 0 Å². The van der Waals surface area contributed by atoms with E-state index in [1.54, 1.807) is 0 Å². The minimum Gasteiger partial charge on any atom is -0.374 e. The molecule has 0 radical (unpaired) electrons. The van der Waals surface area contributed by atoms with Crippen molar-refractivity contribution in [2.45, 2.75) is 66.6 Å². The molecule has 0 N–H and O–H groups in total. The van der Waals surface area contributed by atoms with E-state index in [9.17, 15) is 0 Å². The molecule has 1 aromatic carbocycles. The Labute approximate surface area is 124 Å². The molecule has 0 aliphatic carbocycles. The molecule has 1 nitrogen and oxygen atoms in total. The van der Waals surface area contributed by atoms with Crippen molar-refractivity contribution in [3.63, 3.8) is 0 Å². The Morgan fingerprint density at radius 2 is 1.40 bits per heavy atom. The highest BCUT2D eigenvalue weighted by Crippen LogP contribution is 2.37. The molecule has 1 aromatic rings. The fraction of sp³-hybridized carbons (Fsp3) is 0.684. The summed E-state index contributed by atoms with van der Waals surface area (Å²) in [5.74, 6) is 2.05. The zero-order chi connectivity index (χ0) is 14.9. The van der Waals surface area contributed by atoms with Crippen LogP contribution in [0.1, 0.15) is 50.8 Å². The Bertz CT molecular complexity index is 429.